The molecule has 2 heterocycles. The first-order valence-electron chi connectivity index (χ1n) is 14.9. The molecular weight excluding hydrogens is 504 g/mol. The van der Waals surface area contributed by atoms with E-state index in [0.717, 1.165) is 43.1 Å². The highest BCUT2D eigenvalue weighted by Crippen LogP contribution is 2.37. The molecule has 8 heteroatoms. The second kappa shape index (κ2) is 12.7. The van der Waals surface area contributed by atoms with Crippen LogP contribution in [0, 0.1) is 5.92 Å². The van der Waals surface area contributed by atoms with Crippen LogP contribution in [0.25, 0.3) is 0 Å². The molecule has 2 aromatic rings. The standard InChI is InChI=1S/C32H44N4O4/c1-23-21-36(24(2)20-35(23)22-25-10-11-25)31(27-7-4-9-29(37)19-27)26-6-3-8-28(18-26)32(40)34-14-5-13-33(16-17-34)15-12-30(38)39/h3-4,6-9,18-19,23-25,31,37H,5,10-17,20-22H2,1-2H3,(H,38,39)/t23-,24+,31-/m1/s1. The quantitative estimate of drug-likeness (QED) is 0.491. The zero-order valence-electron chi connectivity index (χ0n) is 23.9. The van der Waals surface area contributed by atoms with Crippen molar-refractivity contribution in [2.45, 2.75) is 57.7 Å². The molecule has 2 saturated heterocycles. The van der Waals surface area contributed by atoms with Crippen LogP contribution in [-0.2, 0) is 4.79 Å². The number of carboxylic acid groups (broad SMARTS) is 1. The number of aromatic hydroxyl groups is 1. The van der Waals surface area contributed by atoms with Gasteiger partial charge in [0.05, 0.1) is 12.5 Å². The number of hydrogen-bond acceptors (Lipinski definition) is 6. The Morgan fingerprint density at radius 3 is 2.40 bits per heavy atom. The minimum absolute atomic E-state index is 0.0206. The molecule has 5 rings (SSSR count). The fourth-order valence-electron chi connectivity index (χ4n) is 6.42. The van der Waals surface area contributed by atoms with Crippen molar-refractivity contribution in [2.24, 2.45) is 5.92 Å². The van der Waals surface area contributed by atoms with Crippen molar-refractivity contribution in [3.63, 3.8) is 0 Å². The van der Waals surface area contributed by atoms with Crippen LogP contribution in [0.5, 0.6) is 5.75 Å². The van der Waals surface area contributed by atoms with Crippen molar-refractivity contribution in [2.75, 3.05) is 52.4 Å². The number of nitrogens with zero attached hydrogens (tertiary/aromatic N) is 4. The minimum atomic E-state index is -0.789. The van der Waals surface area contributed by atoms with Crippen molar-refractivity contribution >= 4 is 11.9 Å². The molecule has 2 N–H and O–H groups in total. The number of aliphatic carboxylic acids is 1. The molecule has 2 aliphatic heterocycles. The van der Waals surface area contributed by atoms with E-state index in [0.29, 0.717) is 43.8 Å². The summed E-state index contributed by atoms with van der Waals surface area (Å²) in [7, 11) is 0. The molecule has 216 valence electrons. The van der Waals surface area contributed by atoms with Gasteiger partial charge in [0.2, 0.25) is 0 Å². The summed E-state index contributed by atoms with van der Waals surface area (Å²) in [5.74, 6) is 0.337. The Bertz CT molecular complexity index is 1190. The van der Waals surface area contributed by atoms with Crippen molar-refractivity contribution in [3.8, 4) is 5.75 Å². The monoisotopic (exact) mass is 548 g/mol. The molecular formula is C32H44N4O4. The van der Waals surface area contributed by atoms with E-state index in [1.807, 2.05) is 35.2 Å². The topological polar surface area (TPSA) is 87.6 Å². The lowest BCUT2D eigenvalue weighted by Gasteiger charge is -2.48. The summed E-state index contributed by atoms with van der Waals surface area (Å²) in [6.07, 6.45) is 3.66. The number of carbonyl (C=O) groups is 2. The Morgan fingerprint density at radius 1 is 0.925 bits per heavy atom. The van der Waals surface area contributed by atoms with Gasteiger partial charge in [0.1, 0.15) is 5.75 Å². The Hall–Kier alpha value is -2.94. The van der Waals surface area contributed by atoms with E-state index in [1.165, 1.54) is 19.4 Å². The molecule has 40 heavy (non-hydrogen) atoms. The predicted molar refractivity (Wildman–Crippen MR) is 156 cm³/mol. The van der Waals surface area contributed by atoms with Crippen LogP contribution in [0.3, 0.4) is 0 Å². The number of piperazine rings is 1. The first-order valence-corrected chi connectivity index (χ1v) is 14.9. The van der Waals surface area contributed by atoms with Crippen molar-refractivity contribution in [1.29, 1.82) is 0 Å². The molecule has 0 bridgehead atoms. The van der Waals surface area contributed by atoms with E-state index in [2.05, 4.69) is 40.7 Å². The van der Waals surface area contributed by atoms with Gasteiger partial charge < -0.3 is 20.0 Å². The average molecular weight is 549 g/mol. The molecule has 3 fully saturated rings. The van der Waals surface area contributed by atoms with Crippen LogP contribution >= 0.6 is 0 Å². The highest BCUT2D eigenvalue weighted by atomic mass is 16.4. The van der Waals surface area contributed by atoms with E-state index < -0.39 is 5.97 Å². The van der Waals surface area contributed by atoms with E-state index in [1.54, 1.807) is 6.07 Å². The van der Waals surface area contributed by atoms with Gasteiger partial charge in [-0.3, -0.25) is 19.4 Å². The second-order valence-corrected chi connectivity index (χ2v) is 12.0. The van der Waals surface area contributed by atoms with Crippen molar-refractivity contribution in [3.05, 3.63) is 65.2 Å². The van der Waals surface area contributed by atoms with Gasteiger partial charge in [-0.15, -0.1) is 0 Å². The van der Waals surface area contributed by atoms with E-state index in [-0.39, 0.29) is 24.1 Å². The van der Waals surface area contributed by atoms with Gasteiger partial charge in [0.15, 0.2) is 0 Å². The molecule has 1 amide bonds. The number of carboxylic acids is 1. The van der Waals surface area contributed by atoms with Gasteiger partial charge in [-0.2, -0.15) is 0 Å². The SMILES string of the molecule is C[C@@H]1CN([C@@H](c2cccc(O)c2)c2cccc(C(=O)N3CCCN(CCC(=O)O)CC3)c2)[C@@H](C)CN1CC1CC1. The fourth-order valence-corrected chi connectivity index (χ4v) is 6.42. The van der Waals surface area contributed by atoms with Gasteiger partial charge >= 0.3 is 5.97 Å². The van der Waals surface area contributed by atoms with Crippen LogP contribution in [0.4, 0.5) is 0 Å². The Morgan fingerprint density at radius 2 is 1.68 bits per heavy atom. The summed E-state index contributed by atoms with van der Waals surface area (Å²) in [6, 6.07) is 16.2. The maximum absolute atomic E-state index is 13.7. The minimum Gasteiger partial charge on any atom is -0.508 e. The predicted octanol–water partition coefficient (Wildman–Crippen LogP) is 3.91. The number of amides is 1. The lowest BCUT2D eigenvalue weighted by atomic mass is 9.92. The molecule has 2 aromatic carbocycles. The average Bonchev–Trinajstić information content (AvgIpc) is 3.77. The fraction of sp³-hybridized carbons (Fsp3) is 0.562. The van der Waals surface area contributed by atoms with Crippen LogP contribution in [0.2, 0.25) is 0 Å². The Balaban J connectivity index is 1.37. The van der Waals surface area contributed by atoms with Crippen LogP contribution in [0.15, 0.2) is 48.5 Å². The van der Waals surface area contributed by atoms with E-state index in [9.17, 15) is 14.7 Å². The lowest BCUT2D eigenvalue weighted by molar-refractivity contribution is -0.137. The molecule has 3 atom stereocenters. The largest absolute Gasteiger partial charge is 0.508 e. The van der Waals surface area contributed by atoms with Crippen LogP contribution in [0.1, 0.15) is 67.1 Å². The van der Waals surface area contributed by atoms with Crippen molar-refractivity contribution in [1.82, 2.24) is 19.6 Å². The second-order valence-electron chi connectivity index (χ2n) is 12.0. The summed E-state index contributed by atoms with van der Waals surface area (Å²) in [5, 5.41) is 19.4. The Labute approximate surface area is 238 Å². The normalized spacial score (nSPS) is 24.0. The summed E-state index contributed by atoms with van der Waals surface area (Å²) in [4.78, 5) is 33.9. The van der Waals surface area contributed by atoms with Crippen LogP contribution < -0.4 is 0 Å². The van der Waals surface area contributed by atoms with Crippen LogP contribution in [-0.4, -0.2) is 106 Å². The third-order valence-electron chi connectivity index (χ3n) is 8.84. The van der Waals surface area contributed by atoms with Gasteiger partial charge in [-0.25, -0.2) is 0 Å². The third kappa shape index (κ3) is 7.03. The van der Waals surface area contributed by atoms with E-state index in [4.69, 9.17) is 5.11 Å². The number of hydrogen-bond donors (Lipinski definition) is 2. The lowest BCUT2D eigenvalue weighted by Crippen LogP contribution is -2.57. The first kappa shape index (κ1) is 28.6. The maximum atomic E-state index is 13.7. The van der Waals surface area contributed by atoms with Gasteiger partial charge in [0.25, 0.3) is 5.91 Å². The zero-order valence-corrected chi connectivity index (χ0v) is 23.9. The molecule has 1 aliphatic carbocycles. The maximum Gasteiger partial charge on any atom is 0.304 e. The molecule has 8 nitrogen and oxygen atoms in total. The highest BCUT2D eigenvalue weighted by Gasteiger charge is 2.37. The summed E-state index contributed by atoms with van der Waals surface area (Å²) in [6.45, 7) is 11.0. The molecule has 0 unspecified atom stereocenters. The summed E-state index contributed by atoms with van der Waals surface area (Å²) in [5.41, 5.74) is 2.77. The Kier molecular flexibility index (Phi) is 9.08. The number of phenolic OH excluding ortho intramolecular Hbond substituents is 1. The van der Waals surface area contributed by atoms with Gasteiger partial charge in [-0.05, 0) is 81.0 Å². The number of rotatable bonds is 9. The zero-order chi connectivity index (χ0) is 28.2. The summed E-state index contributed by atoms with van der Waals surface area (Å²) < 4.78 is 0. The molecule has 0 radical (unpaired) electrons. The van der Waals surface area contributed by atoms with Gasteiger partial charge in [0, 0.05) is 63.5 Å². The highest BCUT2D eigenvalue weighted by molar-refractivity contribution is 5.94. The number of phenols is 1. The van der Waals surface area contributed by atoms with Gasteiger partial charge in [-0.1, -0.05) is 24.3 Å². The molecule has 3 aliphatic rings. The number of benzene rings is 2. The van der Waals surface area contributed by atoms with Crippen molar-refractivity contribution < 1.29 is 19.8 Å². The molecule has 0 aromatic heterocycles. The number of carbonyl (C=O) groups excluding carboxylic acids is 1. The summed E-state index contributed by atoms with van der Waals surface area (Å²) >= 11 is 0. The third-order valence-corrected chi connectivity index (χ3v) is 8.84. The molecule has 1 saturated carbocycles. The smallest absolute Gasteiger partial charge is 0.304 e. The van der Waals surface area contributed by atoms with E-state index >= 15 is 0 Å². The first-order chi connectivity index (χ1) is 19.3. The molecule has 0 spiro atoms.